The topological polar surface area (TPSA) is 29.1 Å². The summed E-state index contributed by atoms with van der Waals surface area (Å²) in [5, 5.41) is 3.15. The van der Waals surface area contributed by atoms with Gasteiger partial charge in [-0.15, -0.1) is 0 Å². The van der Waals surface area contributed by atoms with Crippen LogP contribution in [0, 0.1) is 25.0 Å². The van der Waals surface area contributed by atoms with Gasteiger partial charge in [0, 0.05) is 17.6 Å². The van der Waals surface area contributed by atoms with Gasteiger partial charge in [0.15, 0.2) is 0 Å². The Morgan fingerprint density at radius 2 is 1.83 bits per heavy atom. The maximum atomic E-state index is 13.6. The number of amides is 1. The van der Waals surface area contributed by atoms with Crippen molar-refractivity contribution in [2.24, 2.45) is 0 Å². The van der Waals surface area contributed by atoms with Gasteiger partial charge in [-0.05, 0) is 60.7 Å². The molecule has 121 valence electrons. The highest BCUT2D eigenvalue weighted by Gasteiger charge is 2.21. The molecule has 0 aliphatic heterocycles. The second-order valence-electron chi connectivity index (χ2n) is 5.13. The lowest BCUT2D eigenvalue weighted by molar-refractivity contribution is 0.0956. The van der Waals surface area contributed by atoms with E-state index in [2.05, 4.69) is 5.32 Å². The molecular formula is C18H17ClF2NO. The van der Waals surface area contributed by atoms with E-state index < -0.39 is 11.6 Å². The minimum absolute atomic E-state index is 0.302. The molecule has 2 rings (SSSR count). The molecule has 0 saturated carbocycles. The molecule has 23 heavy (non-hydrogen) atoms. The van der Waals surface area contributed by atoms with Gasteiger partial charge in [-0.2, -0.15) is 0 Å². The van der Waals surface area contributed by atoms with Crippen LogP contribution in [0.25, 0.3) is 11.1 Å². The largest absolute Gasteiger partial charge is 0.352 e. The Balaban J connectivity index is 2.83. The Bertz CT molecular complexity index is 739. The van der Waals surface area contributed by atoms with E-state index in [1.54, 1.807) is 33.3 Å². The highest BCUT2D eigenvalue weighted by atomic mass is 35.5. The van der Waals surface area contributed by atoms with E-state index in [1.807, 2.05) is 0 Å². The predicted octanol–water partition coefficient (Wildman–Crippen LogP) is 4.92. The quantitative estimate of drug-likeness (QED) is 0.844. The molecule has 0 saturated heterocycles. The van der Waals surface area contributed by atoms with E-state index in [9.17, 15) is 13.6 Å². The van der Waals surface area contributed by atoms with Crippen molar-refractivity contribution >= 4 is 17.5 Å². The Hall–Kier alpha value is -1.94. The van der Waals surface area contributed by atoms with E-state index in [0.29, 0.717) is 39.4 Å². The fourth-order valence-electron chi connectivity index (χ4n) is 2.54. The van der Waals surface area contributed by atoms with Crippen molar-refractivity contribution in [1.82, 2.24) is 5.32 Å². The van der Waals surface area contributed by atoms with Gasteiger partial charge in [0.25, 0.3) is 5.91 Å². The zero-order chi connectivity index (χ0) is 17.1. The fraction of sp³-hybridized carbons (Fsp3) is 0.222. The number of nitrogens with one attached hydrogen (secondary N) is 1. The van der Waals surface area contributed by atoms with Crippen LogP contribution in [0.3, 0.4) is 0 Å². The van der Waals surface area contributed by atoms with Crippen LogP contribution in [0.4, 0.5) is 8.78 Å². The molecule has 0 heterocycles. The first-order chi connectivity index (χ1) is 10.9. The lowest BCUT2D eigenvalue weighted by Gasteiger charge is -2.18. The lowest BCUT2D eigenvalue weighted by Crippen LogP contribution is -2.25. The number of hydrogen-bond acceptors (Lipinski definition) is 1. The fourth-order valence-corrected chi connectivity index (χ4v) is 2.75. The average molecular weight is 337 g/mol. The molecule has 0 unspecified atom stereocenters. The van der Waals surface area contributed by atoms with Gasteiger partial charge in [0.05, 0.1) is 5.56 Å². The SMILES string of the molecule is C[CH]c1cc(Cl)c(C)c(C(=O)NCC)c1-c1cc(F)cc(F)c1. The summed E-state index contributed by atoms with van der Waals surface area (Å²) in [7, 11) is 0. The van der Waals surface area contributed by atoms with Crippen molar-refractivity contribution in [1.29, 1.82) is 0 Å². The van der Waals surface area contributed by atoms with Crippen molar-refractivity contribution in [3.05, 3.63) is 64.0 Å². The molecule has 1 N–H and O–H groups in total. The summed E-state index contributed by atoms with van der Waals surface area (Å²) in [6, 6.07) is 4.91. The molecule has 0 fully saturated rings. The molecule has 2 aromatic carbocycles. The molecule has 5 heteroatoms. The third-order valence-corrected chi connectivity index (χ3v) is 3.97. The third-order valence-electron chi connectivity index (χ3n) is 3.58. The van der Waals surface area contributed by atoms with Gasteiger partial charge in [-0.3, -0.25) is 4.79 Å². The second kappa shape index (κ2) is 7.09. The number of benzene rings is 2. The average Bonchev–Trinajstić information content (AvgIpc) is 2.48. The highest BCUT2D eigenvalue weighted by Crippen LogP contribution is 2.35. The van der Waals surface area contributed by atoms with Crippen LogP contribution in [0.1, 0.15) is 35.3 Å². The molecule has 2 nitrogen and oxygen atoms in total. The highest BCUT2D eigenvalue weighted by molar-refractivity contribution is 6.32. The third kappa shape index (κ3) is 3.53. The Labute approximate surface area is 139 Å². The molecule has 1 radical (unpaired) electrons. The van der Waals surface area contributed by atoms with Crippen LogP contribution >= 0.6 is 11.6 Å². The first-order valence-corrected chi connectivity index (χ1v) is 7.64. The van der Waals surface area contributed by atoms with E-state index in [-0.39, 0.29) is 5.91 Å². The van der Waals surface area contributed by atoms with Gasteiger partial charge in [-0.25, -0.2) is 8.78 Å². The molecule has 0 aliphatic rings. The minimum Gasteiger partial charge on any atom is -0.352 e. The maximum absolute atomic E-state index is 13.6. The zero-order valence-corrected chi connectivity index (χ0v) is 13.9. The van der Waals surface area contributed by atoms with Gasteiger partial charge in [0.1, 0.15) is 11.6 Å². The van der Waals surface area contributed by atoms with Crippen LogP contribution < -0.4 is 5.32 Å². The number of halogens is 3. The van der Waals surface area contributed by atoms with E-state index in [0.717, 1.165) is 6.07 Å². The summed E-state index contributed by atoms with van der Waals surface area (Å²) >= 11 is 6.22. The number of hydrogen-bond donors (Lipinski definition) is 1. The molecule has 0 aliphatic carbocycles. The Morgan fingerprint density at radius 1 is 1.22 bits per heavy atom. The summed E-state index contributed by atoms with van der Waals surface area (Å²) in [5.74, 6) is -1.72. The molecule has 2 aromatic rings. The van der Waals surface area contributed by atoms with Crippen molar-refractivity contribution in [3.8, 4) is 11.1 Å². The molecule has 0 atom stereocenters. The molecule has 0 bridgehead atoms. The first kappa shape index (κ1) is 17.4. The van der Waals surface area contributed by atoms with E-state index in [1.165, 1.54) is 12.1 Å². The van der Waals surface area contributed by atoms with Gasteiger partial charge < -0.3 is 5.32 Å². The first-order valence-electron chi connectivity index (χ1n) is 7.26. The molecule has 0 spiro atoms. The normalized spacial score (nSPS) is 10.7. The summed E-state index contributed by atoms with van der Waals surface area (Å²) in [5.41, 5.74) is 2.32. The maximum Gasteiger partial charge on any atom is 0.252 e. The summed E-state index contributed by atoms with van der Waals surface area (Å²) in [4.78, 5) is 12.5. The van der Waals surface area contributed by atoms with Crippen LogP contribution in [0.15, 0.2) is 24.3 Å². The van der Waals surface area contributed by atoms with Crippen molar-refractivity contribution in [2.75, 3.05) is 6.54 Å². The second-order valence-corrected chi connectivity index (χ2v) is 5.54. The van der Waals surface area contributed by atoms with E-state index >= 15 is 0 Å². The van der Waals surface area contributed by atoms with E-state index in [4.69, 9.17) is 11.6 Å². The number of carbonyl (C=O) groups excluding carboxylic acids is 1. The van der Waals surface area contributed by atoms with Gasteiger partial charge >= 0.3 is 0 Å². The monoisotopic (exact) mass is 336 g/mol. The van der Waals surface area contributed by atoms with Crippen molar-refractivity contribution in [3.63, 3.8) is 0 Å². The molecular weight excluding hydrogens is 320 g/mol. The van der Waals surface area contributed by atoms with Gasteiger partial charge in [-0.1, -0.05) is 18.5 Å². The minimum atomic E-state index is -0.698. The van der Waals surface area contributed by atoms with Crippen LogP contribution in [-0.2, 0) is 0 Å². The Morgan fingerprint density at radius 3 is 2.35 bits per heavy atom. The molecule has 0 aromatic heterocycles. The summed E-state index contributed by atoms with van der Waals surface area (Å²) in [6.45, 7) is 5.73. The Kier molecular flexibility index (Phi) is 5.37. The predicted molar refractivity (Wildman–Crippen MR) is 88.6 cm³/mol. The van der Waals surface area contributed by atoms with Crippen LogP contribution in [-0.4, -0.2) is 12.5 Å². The van der Waals surface area contributed by atoms with Gasteiger partial charge in [0.2, 0.25) is 0 Å². The van der Waals surface area contributed by atoms with Crippen molar-refractivity contribution in [2.45, 2.75) is 20.8 Å². The smallest absolute Gasteiger partial charge is 0.252 e. The lowest BCUT2D eigenvalue weighted by atomic mass is 9.89. The summed E-state index contributed by atoms with van der Waals surface area (Å²) < 4.78 is 27.3. The molecule has 1 amide bonds. The van der Waals surface area contributed by atoms with Crippen LogP contribution in [0.2, 0.25) is 5.02 Å². The summed E-state index contributed by atoms with van der Waals surface area (Å²) in [6.07, 6.45) is 1.76. The zero-order valence-electron chi connectivity index (χ0n) is 13.1. The number of rotatable bonds is 4. The standard InChI is InChI=1S/C18H17ClF2NO/c1-4-11-8-15(19)10(3)16(18(23)22-5-2)17(11)12-6-13(20)9-14(21)7-12/h4,6-9H,5H2,1-3H3,(H,22,23). The number of carbonyl (C=O) groups is 1. The van der Waals surface area contributed by atoms with Crippen molar-refractivity contribution < 1.29 is 13.6 Å². The van der Waals surface area contributed by atoms with Crippen LogP contribution in [0.5, 0.6) is 0 Å².